The lowest BCUT2D eigenvalue weighted by Gasteiger charge is -2.58. The molecule has 0 spiro atoms. The van der Waals surface area contributed by atoms with Gasteiger partial charge in [0.15, 0.2) is 0 Å². The number of anilines is 4. The van der Waals surface area contributed by atoms with Crippen LogP contribution in [0.4, 0.5) is 27.1 Å². The summed E-state index contributed by atoms with van der Waals surface area (Å²) in [6.45, 7) is 30.0. The highest BCUT2D eigenvalue weighted by molar-refractivity contribution is 5.59. The Balaban J connectivity index is 0.000000107. The summed E-state index contributed by atoms with van der Waals surface area (Å²) >= 11 is 0. The molecule has 8 bridgehead atoms. The minimum Gasteiger partial charge on any atom is -0.495 e. The molecule has 6 unspecified atom stereocenters. The van der Waals surface area contributed by atoms with Gasteiger partial charge in [0.1, 0.15) is 11.6 Å². The molecule has 0 aromatic heterocycles. The number of hydrogen-bond acceptors (Lipinski definition) is 9. The first-order valence-corrected chi connectivity index (χ1v) is 35.4. The Bertz CT molecular complexity index is 2790. The van der Waals surface area contributed by atoms with Crippen LogP contribution in [0.15, 0.2) is 84.9 Å². The quantitative estimate of drug-likeness (QED) is 0.163. The average Bonchev–Trinajstić information content (AvgIpc) is 1.83. The molecule has 4 aromatic carbocycles. The Morgan fingerprint density at radius 2 is 0.791 bits per heavy atom. The van der Waals surface area contributed by atoms with Crippen LogP contribution in [0, 0.1) is 86.8 Å². The molecule has 86 heavy (non-hydrogen) atoms. The van der Waals surface area contributed by atoms with Crippen molar-refractivity contribution in [3.8, 4) is 5.75 Å². The number of nitrogens with zero attached hydrogens (tertiary/aromatic N) is 8. The summed E-state index contributed by atoms with van der Waals surface area (Å²) in [5.41, 5.74) is 10.6. The van der Waals surface area contributed by atoms with Gasteiger partial charge < -0.3 is 24.3 Å². The highest BCUT2D eigenvalue weighted by Gasteiger charge is 2.51. The van der Waals surface area contributed by atoms with E-state index in [-0.39, 0.29) is 5.82 Å². The molecule has 6 atom stereocenters. The molecule has 4 aliphatic heterocycles. The molecule has 0 radical (unpaired) electrons. The summed E-state index contributed by atoms with van der Waals surface area (Å²) in [6, 6.07) is 32.8. The number of halogens is 1. The first-order chi connectivity index (χ1) is 42.0. The second-order valence-corrected chi connectivity index (χ2v) is 30.1. The van der Waals surface area contributed by atoms with E-state index in [0.29, 0.717) is 0 Å². The van der Waals surface area contributed by atoms with E-state index in [1.807, 2.05) is 18.2 Å². The van der Waals surface area contributed by atoms with E-state index < -0.39 is 0 Å². The van der Waals surface area contributed by atoms with Gasteiger partial charge in [0.05, 0.1) is 18.5 Å². The van der Waals surface area contributed by atoms with E-state index in [2.05, 4.69) is 128 Å². The normalized spacial score (nSPS) is 33.5. The van der Waals surface area contributed by atoms with Crippen molar-refractivity contribution in [1.29, 1.82) is 0 Å². The van der Waals surface area contributed by atoms with Gasteiger partial charge in [0, 0.05) is 140 Å². The Kier molecular flexibility index (Phi) is 19.3. The summed E-state index contributed by atoms with van der Waals surface area (Å²) < 4.78 is 19.3. The summed E-state index contributed by atoms with van der Waals surface area (Å²) in [6.07, 6.45) is 25.3. The fraction of sp³-hybridized carbons (Fsp3) is 0.684. The lowest BCUT2D eigenvalue weighted by molar-refractivity contribution is -0.0665. The van der Waals surface area contributed by atoms with Gasteiger partial charge >= 0.3 is 0 Å². The Hall–Kier alpha value is -4.35. The van der Waals surface area contributed by atoms with Crippen molar-refractivity contribution >= 4 is 22.7 Å². The Labute approximate surface area is 520 Å². The van der Waals surface area contributed by atoms with Gasteiger partial charge in [0.25, 0.3) is 0 Å². The number of piperazine rings is 4. The van der Waals surface area contributed by atoms with Gasteiger partial charge in [-0.15, -0.1) is 0 Å². The highest BCUT2D eigenvalue weighted by Crippen LogP contribution is 2.55. The molecule has 9 aliphatic carbocycles. The number of ether oxygens (including phenoxy) is 1. The molecule has 10 heteroatoms. The summed E-state index contributed by atoms with van der Waals surface area (Å²) in [4.78, 5) is 21.0. The number of rotatable bonds is 9. The van der Waals surface area contributed by atoms with Crippen LogP contribution in [0.2, 0.25) is 0 Å². The maximum atomic E-state index is 13.8. The second-order valence-electron chi connectivity index (χ2n) is 30.1. The number of benzene rings is 4. The van der Waals surface area contributed by atoms with Crippen molar-refractivity contribution in [3.05, 3.63) is 113 Å². The molecule has 0 amide bonds. The summed E-state index contributed by atoms with van der Waals surface area (Å²) in [5, 5.41) is 0. The zero-order valence-electron chi connectivity index (χ0n) is 54.3. The van der Waals surface area contributed by atoms with Crippen molar-refractivity contribution < 1.29 is 9.13 Å². The minimum atomic E-state index is -0.0825. The number of aryl methyl sites for hydroxylation is 4. The number of methoxy groups -OCH3 is 1. The van der Waals surface area contributed by atoms with Gasteiger partial charge in [-0.2, -0.15) is 0 Å². The van der Waals surface area contributed by atoms with Crippen LogP contribution >= 0.6 is 0 Å². The van der Waals surface area contributed by atoms with Crippen LogP contribution in [0.1, 0.15) is 138 Å². The van der Waals surface area contributed by atoms with E-state index in [9.17, 15) is 4.39 Å². The maximum absolute atomic E-state index is 13.8. The van der Waals surface area contributed by atoms with E-state index in [0.717, 1.165) is 128 Å². The smallest absolute Gasteiger partial charge is 0.146 e. The van der Waals surface area contributed by atoms with Crippen LogP contribution in [0.25, 0.3) is 0 Å². The molecule has 9 nitrogen and oxygen atoms in total. The largest absolute Gasteiger partial charge is 0.495 e. The average molecular weight is 1170 g/mol. The van der Waals surface area contributed by atoms with Gasteiger partial charge in [-0.3, -0.25) is 19.6 Å². The van der Waals surface area contributed by atoms with Crippen LogP contribution in [-0.4, -0.2) is 156 Å². The van der Waals surface area contributed by atoms with Crippen LogP contribution < -0.4 is 24.3 Å². The van der Waals surface area contributed by atoms with Crippen molar-refractivity contribution in [2.45, 2.75) is 168 Å². The highest BCUT2D eigenvalue weighted by atomic mass is 19.1. The van der Waals surface area contributed by atoms with Crippen molar-refractivity contribution in [1.82, 2.24) is 19.6 Å². The fourth-order valence-electron chi connectivity index (χ4n) is 20.3. The molecule has 17 rings (SSSR count). The summed E-state index contributed by atoms with van der Waals surface area (Å²) in [7, 11) is 1.77. The molecule has 0 N–H and O–H groups in total. The Morgan fingerprint density at radius 1 is 0.372 bits per heavy atom. The molecule has 4 saturated heterocycles. The first kappa shape index (κ1) is 60.6. The van der Waals surface area contributed by atoms with Gasteiger partial charge in [-0.05, 0) is 236 Å². The van der Waals surface area contributed by atoms with E-state index >= 15 is 0 Å². The third kappa shape index (κ3) is 13.7. The molecular formula is C76H111FN8O. The number of hydrogen-bond donors (Lipinski definition) is 0. The molecule has 4 aromatic rings. The third-order valence-electron chi connectivity index (χ3n) is 24.7. The van der Waals surface area contributed by atoms with Gasteiger partial charge in [0.2, 0.25) is 0 Å². The van der Waals surface area contributed by atoms with Crippen LogP contribution in [0.5, 0.6) is 5.75 Å². The molecule has 4 heterocycles. The predicted octanol–water partition coefficient (Wildman–Crippen LogP) is 14.4. The first-order valence-electron chi connectivity index (χ1n) is 35.4. The van der Waals surface area contributed by atoms with E-state index in [4.69, 9.17) is 4.74 Å². The van der Waals surface area contributed by atoms with Crippen molar-refractivity contribution in [3.63, 3.8) is 0 Å². The van der Waals surface area contributed by atoms with Crippen molar-refractivity contribution in [2.75, 3.05) is 131 Å². The molecule has 9 saturated carbocycles. The predicted molar refractivity (Wildman–Crippen MR) is 357 cm³/mol. The molecule has 468 valence electrons. The van der Waals surface area contributed by atoms with E-state index in [1.165, 1.54) is 182 Å². The van der Waals surface area contributed by atoms with Crippen LogP contribution in [-0.2, 0) is 0 Å². The SMILES string of the molecule is COc1ccccc1N1CCN(C2CC3CCC2C3)CC1.Cc1ccc(C)c(N2CCN(C3C4CC5CC(C4)CC3C5)CC2)c1.Cc1ccc(C)c(N2CCN(C3CCC(C)CC3)CC2)c1.Fc1ccccc1N1CCN(C2CC3CCC2C3)CC1. The lowest BCUT2D eigenvalue weighted by atomic mass is 9.54. The molecule has 13 aliphatic rings. The number of fused-ring (bicyclic) bond motifs is 4. The number of para-hydroxylation sites is 3. The Morgan fingerprint density at radius 3 is 1.24 bits per heavy atom. The summed E-state index contributed by atoms with van der Waals surface area (Å²) in [5.74, 6) is 10.2. The standard InChI is InChI=1S/C22H32N2.C19H30N2.C18H26N2O.C17H23FN2/c1-15-3-4-16(2)21(9-15)23-5-7-24(8-6-23)22-19-11-17-10-18(13-19)14-20(22)12-17;1-15-5-8-18(9-6-15)20-10-12-21(13-11-20)19-14-16(2)4-7-17(19)3;1-21-18-5-3-2-4-16(18)19-8-10-20(11-9-19)17-13-14-6-7-15(17)12-14;18-15-3-1-2-4-16(15)19-7-9-20(10-8-19)17-12-13-5-6-14(17)11-13/h3-4,9,17-20,22H,5-8,10-14H2,1-2H3;4,7,14-15,18H,5-6,8-13H2,1-3H3;2-5,14-15,17H,6-13H2,1H3;1-4,13-14,17H,5-12H2. The maximum Gasteiger partial charge on any atom is 0.146 e. The third-order valence-corrected chi connectivity index (χ3v) is 24.7. The van der Waals surface area contributed by atoms with Crippen LogP contribution in [0.3, 0.4) is 0 Å². The van der Waals surface area contributed by atoms with Crippen molar-refractivity contribution in [2.24, 2.45) is 53.3 Å². The van der Waals surface area contributed by atoms with E-state index in [1.54, 1.807) is 51.3 Å². The zero-order chi connectivity index (χ0) is 58.8. The second kappa shape index (κ2) is 27.4. The van der Waals surface area contributed by atoms with Gasteiger partial charge in [-0.25, -0.2) is 4.39 Å². The monoisotopic (exact) mass is 1170 g/mol. The fourth-order valence-corrected chi connectivity index (χ4v) is 20.3. The zero-order valence-corrected chi connectivity index (χ0v) is 54.3. The minimum absolute atomic E-state index is 0.0825. The lowest BCUT2D eigenvalue weighted by Crippen LogP contribution is -2.60. The van der Waals surface area contributed by atoms with Gasteiger partial charge in [-0.1, -0.05) is 68.3 Å². The topological polar surface area (TPSA) is 35.2 Å². The molecular weight excluding hydrogens is 1060 g/mol. The molecule has 13 fully saturated rings.